The maximum Gasteiger partial charge on any atom is 0.430 e. The van der Waals surface area contributed by atoms with Crippen LogP contribution in [0.5, 0.6) is 5.75 Å². The number of aryl methyl sites for hydroxylation is 1. The van der Waals surface area contributed by atoms with Crippen LogP contribution in [-0.4, -0.2) is 94.9 Å². The molecule has 63 heavy (non-hydrogen) atoms. The van der Waals surface area contributed by atoms with Crippen molar-refractivity contribution in [1.29, 1.82) is 0 Å². The number of halogens is 4. The Morgan fingerprint density at radius 1 is 0.968 bits per heavy atom. The second-order valence-corrected chi connectivity index (χ2v) is 16.7. The summed E-state index contributed by atoms with van der Waals surface area (Å²) in [4.78, 5) is 49.5. The SMILES string of the molecule is C[N+]1(C)[C@@H]2CC(OC(=O)Nc3cc(CCC(=O)Nc4ccc(CNC[C@H](O)c5ccc(O)c6[nH]c(=O)ccc56)c(Cl)c4)ccc3-c3ccccc3)C[C@H]1[C@@H]1O[C@@H]12.O=C([O-])C(F)(F)F. The number of phenolic OH excluding ortho intramolecular Hbond substituents is 1. The van der Waals surface area contributed by atoms with Crippen LogP contribution in [0.4, 0.5) is 29.3 Å². The largest absolute Gasteiger partial charge is 0.542 e. The second kappa shape index (κ2) is 18.4. The highest BCUT2D eigenvalue weighted by Crippen LogP contribution is 2.51. The molecule has 8 rings (SSSR count). The molecule has 0 spiro atoms. The number of nitrogens with one attached hydrogen (secondary N) is 4. The molecule has 3 saturated heterocycles. The molecule has 1 aromatic heterocycles. The number of alkyl halides is 3. The molecule has 3 aliphatic heterocycles. The van der Waals surface area contributed by atoms with Gasteiger partial charge in [-0.05, 0) is 59.0 Å². The van der Waals surface area contributed by atoms with Crippen LogP contribution < -0.4 is 26.6 Å². The quantitative estimate of drug-likeness (QED) is 0.0681. The third-order valence-corrected chi connectivity index (χ3v) is 12.2. The highest BCUT2D eigenvalue weighted by atomic mass is 35.5. The minimum Gasteiger partial charge on any atom is -0.542 e. The molecule has 2 amide bonds. The Bertz CT molecular complexity index is 2550. The van der Waals surface area contributed by atoms with Gasteiger partial charge in [0, 0.05) is 60.1 Å². The maximum atomic E-state index is 13.3. The molecule has 0 aliphatic carbocycles. The summed E-state index contributed by atoms with van der Waals surface area (Å²) in [5.41, 5.74) is 5.14. The van der Waals surface area contributed by atoms with Crippen molar-refractivity contribution in [2.24, 2.45) is 0 Å². The number of rotatable bonds is 12. The Balaban J connectivity index is 0.000000785. The topological polar surface area (TPSA) is 205 Å². The maximum absolute atomic E-state index is 13.3. The van der Waals surface area contributed by atoms with Crippen LogP contribution in [0.25, 0.3) is 22.0 Å². The van der Waals surface area contributed by atoms with Crippen LogP contribution in [0, 0.1) is 0 Å². The first-order valence-electron chi connectivity index (χ1n) is 20.1. The predicted molar refractivity (Wildman–Crippen MR) is 226 cm³/mol. The standard InChI is InChI=1S/C43H44ClN5O7.C2HF3O2/c1-49(2)34-20-28(21-35(49)42-41(34)56-42)55-43(54)47-33-18-24(8-12-29(33)25-6-4-3-5-7-25)9-16-38(52)46-27-11-10-26(32(44)19-27)22-45-23-37(51)30-13-15-36(50)40-31(30)14-17-39(53)48-40;3-2(4,5)1(6)7/h3-8,10-15,17-19,28,34-35,37,41-42,45,51H,9,16,20-23H2,1-2H3,(H3-,46,47,48,50,52,53,54);(H,6,7)/t28?,34-,35+,37-,41-,42+;/m0./s1. The zero-order valence-corrected chi connectivity index (χ0v) is 34.8. The van der Waals surface area contributed by atoms with Crippen LogP contribution in [0.1, 0.15) is 42.1 Å². The second-order valence-electron chi connectivity index (χ2n) is 16.3. The number of hydrogen-bond acceptors (Lipinski definition) is 10. The Labute approximate surface area is 364 Å². The Kier molecular flexibility index (Phi) is 13.2. The smallest absolute Gasteiger partial charge is 0.430 e. The summed E-state index contributed by atoms with van der Waals surface area (Å²) in [5.74, 6) is -3.27. The number of nitrogens with zero attached hydrogens (tertiary/aromatic N) is 1. The molecule has 0 saturated carbocycles. The minimum absolute atomic E-state index is 0.0732. The van der Waals surface area contributed by atoms with Crippen molar-refractivity contribution in [3.8, 4) is 16.9 Å². The molecule has 4 aromatic carbocycles. The number of aromatic amines is 1. The zero-order valence-electron chi connectivity index (χ0n) is 34.1. The van der Waals surface area contributed by atoms with E-state index in [0.717, 1.165) is 39.6 Å². The number of amides is 2. The van der Waals surface area contributed by atoms with Crippen molar-refractivity contribution in [1.82, 2.24) is 10.3 Å². The Hall–Kier alpha value is -5.98. The third kappa shape index (κ3) is 10.5. The van der Waals surface area contributed by atoms with Crippen molar-refractivity contribution in [2.75, 3.05) is 31.3 Å². The highest BCUT2D eigenvalue weighted by molar-refractivity contribution is 6.31. The fourth-order valence-corrected chi connectivity index (χ4v) is 8.81. The van der Waals surface area contributed by atoms with Crippen molar-refractivity contribution in [3.05, 3.63) is 123 Å². The molecule has 332 valence electrons. The summed E-state index contributed by atoms with van der Waals surface area (Å²) in [5, 5.41) is 39.9. The normalized spacial score (nSPS) is 21.0. The molecule has 6 atom stereocenters. The number of likely N-dealkylation sites (N-methyl/N-ethyl adjacent to an activating group) is 1. The number of aromatic nitrogens is 1. The lowest BCUT2D eigenvalue weighted by molar-refractivity contribution is -0.938. The molecule has 3 fully saturated rings. The highest BCUT2D eigenvalue weighted by Gasteiger charge is 2.70. The van der Waals surface area contributed by atoms with Crippen molar-refractivity contribution < 1.29 is 56.8 Å². The Morgan fingerprint density at radius 2 is 1.67 bits per heavy atom. The number of morpholine rings is 1. The number of carboxylic acids is 1. The van der Waals surface area contributed by atoms with Gasteiger partial charge in [-0.15, -0.1) is 0 Å². The first-order chi connectivity index (χ1) is 29.9. The minimum atomic E-state index is -5.19. The molecule has 6 N–H and O–H groups in total. The van der Waals surface area contributed by atoms with Gasteiger partial charge in [0.1, 0.15) is 42.1 Å². The number of phenols is 1. The number of benzene rings is 4. The number of ether oxygens (including phenoxy) is 2. The van der Waals surface area contributed by atoms with Gasteiger partial charge in [0.25, 0.3) is 0 Å². The average Bonchev–Trinajstić information content (AvgIpc) is 4.00. The monoisotopic (exact) mass is 891 g/mol. The number of quaternary nitrogens is 1. The van der Waals surface area contributed by atoms with E-state index >= 15 is 0 Å². The Morgan fingerprint density at radius 3 is 2.33 bits per heavy atom. The number of H-pyrrole nitrogens is 1. The van der Waals surface area contributed by atoms with Gasteiger partial charge in [0.05, 0.1) is 31.4 Å². The van der Waals surface area contributed by atoms with E-state index in [1.165, 1.54) is 12.1 Å². The number of carboxylic acid groups (broad SMARTS) is 1. The molecular weight excluding hydrogens is 847 g/mol. The number of aliphatic hydroxyl groups excluding tert-OH is 1. The van der Waals surface area contributed by atoms with E-state index in [9.17, 15) is 37.8 Å². The molecular formula is C45H45ClF3N5O9. The van der Waals surface area contributed by atoms with E-state index < -0.39 is 24.3 Å². The molecule has 18 heteroatoms. The summed E-state index contributed by atoms with van der Waals surface area (Å²) >= 11 is 6.59. The number of aliphatic hydroxyl groups is 1. The molecule has 5 aromatic rings. The van der Waals surface area contributed by atoms with Crippen molar-refractivity contribution in [2.45, 2.75) is 74.9 Å². The third-order valence-electron chi connectivity index (χ3n) is 11.8. The summed E-state index contributed by atoms with van der Waals surface area (Å²) in [6, 6.07) is 27.6. The van der Waals surface area contributed by atoms with Crippen LogP contribution in [0.15, 0.2) is 95.8 Å². The lowest BCUT2D eigenvalue weighted by Crippen LogP contribution is -2.60. The van der Waals surface area contributed by atoms with Gasteiger partial charge in [-0.3, -0.25) is 14.9 Å². The number of epoxide rings is 1. The lowest BCUT2D eigenvalue weighted by atomic mass is 9.96. The molecule has 1 unspecified atom stereocenters. The summed E-state index contributed by atoms with van der Waals surface area (Å²) in [6.07, 6.45) is -4.02. The summed E-state index contributed by atoms with van der Waals surface area (Å²) in [6.45, 7) is 0.545. The number of carbonyl (C=O) groups excluding carboxylic acids is 3. The number of carbonyl (C=O) groups is 3. The van der Waals surface area contributed by atoms with Gasteiger partial charge < -0.3 is 49.7 Å². The van der Waals surface area contributed by atoms with Gasteiger partial charge in [0.15, 0.2) is 0 Å². The molecule has 4 heterocycles. The van der Waals surface area contributed by atoms with Crippen LogP contribution >= 0.6 is 11.6 Å². The number of fused-ring (bicyclic) bond motifs is 6. The lowest BCUT2D eigenvalue weighted by Gasteiger charge is -2.45. The molecule has 0 radical (unpaired) electrons. The first-order valence-corrected chi connectivity index (χ1v) is 20.5. The van der Waals surface area contributed by atoms with Crippen molar-refractivity contribution >= 4 is 51.8 Å². The molecule has 3 aliphatic rings. The van der Waals surface area contributed by atoms with Crippen LogP contribution in [-0.2, 0) is 32.0 Å². The average molecular weight is 892 g/mol. The zero-order chi connectivity index (χ0) is 45.2. The number of pyridine rings is 1. The summed E-state index contributed by atoms with van der Waals surface area (Å²) in [7, 11) is 4.49. The summed E-state index contributed by atoms with van der Waals surface area (Å²) < 4.78 is 44.3. The number of piperidine rings is 1. The number of aromatic hydroxyl groups is 1. The first kappa shape index (κ1) is 45.1. The fourth-order valence-electron chi connectivity index (χ4n) is 8.56. The van der Waals surface area contributed by atoms with E-state index in [1.807, 2.05) is 54.6 Å². The number of anilines is 2. The number of aliphatic carboxylic acids is 1. The van der Waals surface area contributed by atoms with Gasteiger partial charge in [0.2, 0.25) is 11.5 Å². The van der Waals surface area contributed by atoms with E-state index in [4.69, 9.17) is 31.0 Å². The molecule has 14 nitrogen and oxygen atoms in total. The van der Waals surface area contributed by atoms with E-state index in [0.29, 0.717) is 52.4 Å². The predicted octanol–water partition coefficient (Wildman–Crippen LogP) is 5.55. The van der Waals surface area contributed by atoms with E-state index in [1.54, 1.807) is 24.3 Å². The van der Waals surface area contributed by atoms with Gasteiger partial charge in [-0.2, -0.15) is 13.2 Å². The number of hydrogen-bond donors (Lipinski definition) is 6. The van der Waals surface area contributed by atoms with Gasteiger partial charge in [-0.1, -0.05) is 66.2 Å². The van der Waals surface area contributed by atoms with Gasteiger partial charge in [-0.25, -0.2) is 4.79 Å². The molecule has 2 bridgehead atoms. The van der Waals surface area contributed by atoms with Crippen LogP contribution in [0.3, 0.4) is 0 Å². The van der Waals surface area contributed by atoms with E-state index in [-0.39, 0.29) is 54.0 Å². The van der Waals surface area contributed by atoms with Crippen molar-refractivity contribution in [3.63, 3.8) is 0 Å². The fraction of sp³-hybridized carbons (Fsp3) is 0.333. The van der Waals surface area contributed by atoms with Gasteiger partial charge >= 0.3 is 12.3 Å². The van der Waals surface area contributed by atoms with E-state index in [2.05, 4.69) is 35.0 Å². The van der Waals surface area contributed by atoms with Crippen LogP contribution in [0.2, 0.25) is 5.02 Å².